The van der Waals surface area contributed by atoms with Crippen LogP contribution in [0.1, 0.15) is 16.9 Å². The van der Waals surface area contributed by atoms with Gasteiger partial charge in [-0.05, 0) is 37.7 Å². The Balaban J connectivity index is 0.000000383. The van der Waals surface area contributed by atoms with Gasteiger partial charge in [-0.25, -0.2) is 4.79 Å². The molecule has 4 rings (SSSR count). The standard InChI is InChI=1S/C20H22N4O2.C2HF3O2/c1-22-13-18(25)24(16-7-3-2-4-8-16)15-20(22)10-12-23(14-20)19(26)17-9-5-6-11-21-17;3-2(4,5)1(6)7/h2-9,11H,10,12-15H2,1H3;(H,6,7). The van der Waals surface area contributed by atoms with Crippen LogP contribution in [0.25, 0.3) is 0 Å². The maximum absolute atomic E-state index is 12.8. The first-order valence-corrected chi connectivity index (χ1v) is 10.1. The van der Waals surface area contributed by atoms with E-state index in [2.05, 4.69) is 9.88 Å². The maximum atomic E-state index is 12.8. The fourth-order valence-electron chi connectivity index (χ4n) is 3.92. The molecule has 2 fully saturated rings. The summed E-state index contributed by atoms with van der Waals surface area (Å²) in [4.78, 5) is 44.2. The number of carbonyl (C=O) groups excluding carboxylic acids is 2. The number of piperazine rings is 1. The monoisotopic (exact) mass is 464 g/mol. The van der Waals surface area contributed by atoms with Crippen molar-refractivity contribution in [3.63, 3.8) is 0 Å². The Morgan fingerprint density at radius 3 is 2.27 bits per heavy atom. The van der Waals surface area contributed by atoms with E-state index in [9.17, 15) is 22.8 Å². The molecule has 1 spiro atoms. The van der Waals surface area contributed by atoms with Gasteiger partial charge in [0.2, 0.25) is 5.91 Å². The lowest BCUT2D eigenvalue weighted by Gasteiger charge is -2.46. The number of likely N-dealkylation sites (tertiary alicyclic amines) is 1. The summed E-state index contributed by atoms with van der Waals surface area (Å²) < 4.78 is 31.7. The molecule has 1 aromatic carbocycles. The van der Waals surface area contributed by atoms with E-state index in [-0.39, 0.29) is 17.4 Å². The molecule has 2 aromatic rings. The number of nitrogens with zero attached hydrogens (tertiary/aromatic N) is 4. The van der Waals surface area contributed by atoms with Gasteiger partial charge in [0.15, 0.2) is 0 Å². The fourth-order valence-corrected chi connectivity index (χ4v) is 3.92. The molecule has 0 radical (unpaired) electrons. The number of benzene rings is 1. The van der Waals surface area contributed by atoms with E-state index in [1.54, 1.807) is 18.3 Å². The van der Waals surface area contributed by atoms with E-state index in [4.69, 9.17) is 9.90 Å². The van der Waals surface area contributed by atoms with Crippen LogP contribution < -0.4 is 4.90 Å². The number of carbonyl (C=O) groups is 3. The van der Waals surface area contributed by atoms with Gasteiger partial charge in [0.25, 0.3) is 5.91 Å². The first-order chi connectivity index (χ1) is 15.5. The van der Waals surface area contributed by atoms with Crippen LogP contribution in [0.4, 0.5) is 18.9 Å². The predicted octanol–water partition coefficient (Wildman–Crippen LogP) is 2.28. The van der Waals surface area contributed by atoms with Crippen molar-refractivity contribution in [3.8, 4) is 0 Å². The lowest BCUT2D eigenvalue weighted by Crippen LogP contribution is -2.64. The van der Waals surface area contributed by atoms with Gasteiger partial charge >= 0.3 is 12.1 Å². The predicted molar refractivity (Wildman–Crippen MR) is 113 cm³/mol. The minimum Gasteiger partial charge on any atom is -0.475 e. The van der Waals surface area contributed by atoms with Crippen molar-refractivity contribution in [2.75, 3.05) is 38.1 Å². The number of para-hydroxylation sites is 1. The molecule has 1 atom stereocenters. The Labute approximate surface area is 188 Å². The van der Waals surface area contributed by atoms with Gasteiger partial charge in [-0.15, -0.1) is 0 Å². The third-order valence-corrected chi connectivity index (χ3v) is 5.75. The molecule has 0 bridgehead atoms. The third-order valence-electron chi connectivity index (χ3n) is 5.75. The molecule has 3 heterocycles. The number of hydrogen-bond acceptors (Lipinski definition) is 5. The van der Waals surface area contributed by atoms with Crippen LogP contribution in [0.15, 0.2) is 54.7 Å². The van der Waals surface area contributed by atoms with Gasteiger partial charge in [-0.2, -0.15) is 13.2 Å². The summed E-state index contributed by atoms with van der Waals surface area (Å²) >= 11 is 0. The molecule has 8 nitrogen and oxygen atoms in total. The number of alkyl halides is 3. The van der Waals surface area contributed by atoms with Crippen molar-refractivity contribution in [2.24, 2.45) is 0 Å². The summed E-state index contributed by atoms with van der Waals surface area (Å²) in [5.74, 6) is -2.70. The highest BCUT2D eigenvalue weighted by molar-refractivity contribution is 5.96. The number of amides is 2. The van der Waals surface area contributed by atoms with Crippen molar-refractivity contribution in [1.29, 1.82) is 0 Å². The Morgan fingerprint density at radius 2 is 1.70 bits per heavy atom. The number of carboxylic acid groups (broad SMARTS) is 1. The van der Waals surface area contributed by atoms with E-state index in [1.807, 2.05) is 53.2 Å². The van der Waals surface area contributed by atoms with Crippen molar-refractivity contribution in [2.45, 2.75) is 18.1 Å². The zero-order valence-corrected chi connectivity index (χ0v) is 17.8. The molecular weight excluding hydrogens is 441 g/mol. The second-order valence-electron chi connectivity index (χ2n) is 7.89. The van der Waals surface area contributed by atoms with E-state index in [0.29, 0.717) is 31.9 Å². The zero-order valence-electron chi connectivity index (χ0n) is 17.8. The number of rotatable bonds is 2. The molecule has 33 heavy (non-hydrogen) atoms. The van der Waals surface area contributed by atoms with Gasteiger partial charge in [-0.1, -0.05) is 24.3 Å². The molecule has 1 N–H and O–H groups in total. The van der Waals surface area contributed by atoms with E-state index in [1.165, 1.54) is 0 Å². The van der Waals surface area contributed by atoms with Crippen LogP contribution >= 0.6 is 0 Å². The third kappa shape index (κ3) is 5.48. The van der Waals surface area contributed by atoms with Gasteiger partial charge in [0.1, 0.15) is 5.69 Å². The Morgan fingerprint density at radius 1 is 1.06 bits per heavy atom. The second-order valence-corrected chi connectivity index (χ2v) is 7.89. The number of likely N-dealkylation sites (N-methyl/N-ethyl adjacent to an activating group) is 1. The summed E-state index contributed by atoms with van der Waals surface area (Å²) in [7, 11) is 1.98. The zero-order chi connectivity index (χ0) is 24.2. The number of carboxylic acids is 1. The highest BCUT2D eigenvalue weighted by Crippen LogP contribution is 2.33. The lowest BCUT2D eigenvalue weighted by atomic mass is 9.92. The minimum atomic E-state index is -5.08. The summed E-state index contributed by atoms with van der Waals surface area (Å²) in [5.41, 5.74) is 1.17. The van der Waals surface area contributed by atoms with Gasteiger partial charge in [0, 0.05) is 31.5 Å². The fraction of sp³-hybridized carbons (Fsp3) is 0.364. The van der Waals surface area contributed by atoms with Crippen LogP contribution in [0.5, 0.6) is 0 Å². The van der Waals surface area contributed by atoms with Crippen LogP contribution in [-0.4, -0.2) is 82.6 Å². The number of hydrogen-bond donors (Lipinski definition) is 1. The van der Waals surface area contributed by atoms with Crippen LogP contribution in [-0.2, 0) is 9.59 Å². The molecule has 2 aliphatic heterocycles. The topological polar surface area (TPSA) is 94.1 Å². The number of halogens is 3. The van der Waals surface area contributed by atoms with Crippen molar-refractivity contribution >= 4 is 23.5 Å². The summed E-state index contributed by atoms with van der Waals surface area (Å²) in [6.07, 6.45) is -2.60. The van der Waals surface area contributed by atoms with E-state index >= 15 is 0 Å². The molecule has 1 aromatic heterocycles. The smallest absolute Gasteiger partial charge is 0.475 e. The molecule has 11 heteroatoms. The lowest BCUT2D eigenvalue weighted by molar-refractivity contribution is -0.192. The number of aliphatic carboxylic acids is 1. The first-order valence-electron chi connectivity index (χ1n) is 10.1. The molecular formula is C22H23F3N4O4. The SMILES string of the molecule is CN1CC(=O)N(c2ccccc2)CC12CCN(C(=O)c1ccccn1)C2.O=C(O)C(F)(F)F. The first kappa shape index (κ1) is 24.2. The second kappa shape index (κ2) is 9.57. The Kier molecular flexibility index (Phi) is 7.01. The van der Waals surface area contributed by atoms with Crippen molar-refractivity contribution in [3.05, 3.63) is 60.4 Å². The average molecular weight is 464 g/mol. The molecule has 176 valence electrons. The highest BCUT2D eigenvalue weighted by atomic mass is 19.4. The largest absolute Gasteiger partial charge is 0.490 e. The van der Waals surface area contributed by atoms with E-state index < -0.39 is 12.1 Å². The number of pyridine rings is 1. The summed E-state index contributed by atoms with van der Waals surface area (Å²) in [6, 6.07) is 15.1. The van der Waals surface area contributed by atoms with Gasteiger partial charge < -0.3 is 14.9 Å². The highest BCUT2D eigenvalue weighted by Gasteiger charge is 2.48. The molecule has 2 saturated heterocycles. The van der Waals surface area contributed by atoms with E-state index in [0.717, 1.165) is 12.1 Å². The number of aromatic nitrogens is 1. The Bertz CT molecular complexity index is 1000. The minimum absolute atomic E-state index is 0.0426. The average Bonchev–Trinajstić information content (AvgIpc) is 3.22. The van der Waals surface area contributed by atoms with Gasteiger partial charge in [-0.3, -0.25) is 19.5 Å². The Hall–Kier alpha value is -3.47. The number of anilines is 1. The normalized spacial score (nSPS) is 21.0. The van der Waals surface area contributed by atoms with Crippen LogP contribution in [0.3, 0.4) is 0 Å². The van der Waals surface area contributed by atoms with Crippen LogP contribution in [0.2, 0.25) is 0 Å². The summed E-state index contributed by atoms with van der Waals surface area (Å²) in [5, 5.41) is 7.12. The van der Waals surface area contributed by atoms with Crippen molar-refractivity contribution in [1.82, 2.24) is 14.8 Å². The molecule has 1 unspecified atom stereocenters. The van der Waals surface area contributed by atoms with Gasteiger partial charge in [0.05, 0.1) is 12.1 Å². The molecule has 2 amide bonds. The molecule has 0 aliphatic carbocycles. The molecule has 2 aliphatic rings. The quantitative estimate of drug-likeness (QED) is 0.733. The van der Waals surface area contributed by atoms with Crippen LogP contribution in [0, 0.1) is 0 Å². The molecule has 0 saturated carbocycles. The summed E-state index contributed by atoms with van der Waals surface area (Å²) in [6.45, 7) is 2.24. The van der Waals surface area contributed by atoms with Crippen molar-refractivity contribution < 1.29 is 32.7 Å². The maximum Gasteiger partial charge on any atom is 0.490 e.